The number of rotatable bonds is 4. The molecule has 1 saturated heterocycles. The van der Waals surface area contributed by atoms with E-state index in [1.807, 2.05) is 31.2 Å². The first kappa shape index (κ1) is 18.5. The van der Waals surface area contributed by atoms with E-state index in [0.29, 0.717) is 22.2 Å². The van der Waals surface area contributed by atoms with E-state index in [1.54, 1.807) is 32.8 Å². The van der Waals surface area contributed by atoms with Crippen molar-refractivity contribution in [2.45, 2.75) is 45.1 Å². The van der Waals surface area contributed by atoms with Crippen molar-refractivity contribution in [1.29, 1.82) is 0 Å². The van der Waals surface area contributed by atoms with Gasteiger partial charge in [-0.2, -0.15) is 0 Å². The highest BCUT2D eigenvalue weighted by Gasteiger charge is 2.46. The number of nitrogens with zero attached hydrogens (tertiary/aromatic N) is 2. The third-order valence-corrected chi connectivity index (χ3v) is 5.31. The van der Waals surface area contributed by atoms with Crippen molar-refractivity contribution in [3.8, 4) is 5.75 Å². The van der Waals surface area contributed by atoms with Gasteiger partial charge in [-0.15, -0.1) is 0 Å². The Hall–Kier alpha value is -2.28. The van der Waals surface area contributed by atoms with Crippen LogP contribution in [0.4, 0.5) is 0 Å². The minimum Gasteiger partial charge on any atom is -0.497 e. The number of benzene rings is 1. The summed E-state index contributed by atoms with van der Waals surface area (Å²) in [7, 11) is 1.60. The Morgan fingerprint density at radius 1 is 1.27 bits per heavy atom. The second-order valence-electron chi connectivity index (χ2n) is 6.49. The maximum atomic E-state index is 12.8. The number of allylic oxidation sites excluding steroid dienone is 1. The molecule has 0 radical (unpaired) electrons. The minimum atomic E-state index is -0.551. The topological polar surface area (TPSA) is 68.2 Å². The van der Waals surface area contributed by atoms with Gasteiger partial charge in [-0.25, -0.2) is 9.79 Å². The highest BCUT2D eigenvalue weighted by molar-refractivity contribution is 8.15. The predicted octanol–water partition coefficient (Wildman–Crippen LogP) is 3.30. The summed E-state index contributed by atoms with van der Waals surface area (Å²) in [5, 5.41) is 0.393. The number of esters is 1. The lowest BCUT2D eigenvalue weighted by atomic mass is 9.94. The summed E-state index contributed by atoms with van der Waals surface area (Å²) in [5.74, 6) is 0.205. The lowest BCUT2D eigenvalue weighted by molar-refractivity contribution is -0.143. The molecule has 3 rings (SSSR count). The first-order chi connectivity index (χ1) is 12.3. The molecule has 1 fully saturated rings. The molecule has 1 amide bonds. The van der Waals surface area contributed by atoms with Gasteiger partial charge in [-0.3, -0.25) is 9.69 Å². The van der Waals surface area contributed by atoms with E-state index in [-0.39, 0.29) is 17.3 Å². The summed E-state index contributed by atoms with van der Waals surface area (Å²) in [6, 6.07) is 6.81. The Morgan fingerprint density at radius 2 is 1.92 bits per heavy atom. The fourth-order valence-electron chi connectivity index (χ4n) is 3.04. The first-order valence-corrected chi connectivity index (χ1v) is 9.35. The second kappa shape index (κ2) is 7.15. The molecular formula is C19H22N2O4S. The van der Waals surface area contributed by atoms with E-state index >= 15 is 0 Å². The average molecular weight is 374 g/mol. The largest absolute Gasteiger partial charge is 0.497 e. The zero-order chi connectivity index (χ0) is 19.0. The summed E-state index contributed by atoms with van der Waals surface area (Å²) in [4.78, 5) is 31.7. The Kier molecular flexibility index (Phi) is 5.09. The van der Waals surface area contributed by atoms with Crippen molar-refractivity contribution < 1.29 is 19.1 Å². The molecule has 0 saturated carbocycles. The Bertz CT molecular complexity index is 798. The van der Waals surface area contributed by atoms with E-state index < -0.39 is 12.0 Å². The molecule has 2 aliphatic heterocycles. The number of amidine groups is 1. The summed E-state index contributed by atoms with van der Waals surface area (Å²) < 4.78 is 10.6. The molecule has 2 heterocycles. The van der Waals surface area contributed by atoms with Gasteiger partial charge in [0.2, 0.25) is 5.91 Å². The van der Waals surface area contributed by atoms with Gasteiger partial charge in [0.05, 0.1) is 35.8 Å². The summed E-state index contributed by atoms with van der Waals surface area (Å²) in [6.45, 7) is 7.23. The number of carbonyl (C=O) groups excluding carboxylic acids is 2. The van der Waals surface area contributed by atoms with Crippen LogP contribution in [-0.2, 0) is 14.3 Å². The number of fused-ring (bicyclic) bond motifs is 1. The van der Waals surface area contributed by atoms with Crippen LogP contribution >= 0.6 is 11.8 Å². The van der Waals surface area contributed by atoms with E-state index in [2.05, 4.69) is 4.99 Å². The van der Waals surface area contributed by atoms with Gasteiger partial charge >= 0.3 is 5.97 Å². The molecule has 7 heteroatoms. The Balaban J connectivity index is 2.11. The van der Waals surface area contributed by atoms with Crippen LogP contribution in [-0.4, -0.2) is 40.4 Å². The fourth-order valence-corrected chi connectivity index (χ4v) is 4.07. The minimum absolute atomic E-state index is 0.0584. The van der Waals surface area contributed by atoms with Crippen LogP contribution in [0.25, 0.3) is 0 Å². The van der Waals surface area contributed by atoms with Crippen LogP contribution in [0.2, 0.25) is 0 Å². The van der Waals surface area contributed by atoms with Crippen molar-refractivity contribution >= 4 is 28.8 Å². The molecule has 0 aromatic heterocycles. The van der Waals surface area contributed by atoms with Crippen molar-refractivity contribution in [3.05, 3.63) is 41.1 Å². The van der Waals surface area contributed by atoms with Gasteiger partial charge in [-0.1, -0.05) is 23.9 Å². The first-order valence-electron chi connectivity index (χ1n) is 8.47. The SMILES string of the molecule is COc1ccc([C@H]2C(C(=O)OC(C)C)=C(C)N=C3S[C@@H](C)C(=O)N32)cc1. The normalized spacial score (nSPS) is 22.5. The number of carbonyl (C=O) groups is 2. The van der Waals surface area contributed by atoms with Crippen LogP contribution in [0.1, 0.15) is 39.3 Å². The average Bonchev–Trinajstić information content (AvgIpc) is 2.87. The molecule has 2 aliphatic rings. The van der Waals surface area contributed by atoms with Gasteiger partial charge < -0.3 is 9.47 Å². The maximum absolute atomic E-state index is 12.8. The van der Waals surface area contributed by atoms with E-state index in [9.17, 15) is 9.59 Å². The number of hydrogen-bond acceptors (Lipinski definition) is 6. The number of methoxy groups -OCH3 is 1. The molecule has 0 N–H and O–H groups in total. The third-order valence-electron chi connectivity index (χ3n) is 4.25. The molecule has 6 nitrogen and oxygen atoms in total. The van der Waals surface area contributed by atoms with Crippen LogP contribution in [0.5, 0.6) is 5.75 Å². The zero-order valence-corrected chi connectivity index (χ0v) is 16.3. The van der Waals surface area contributed by atoms with Gasteiger partial charge in [0, 0.05) is 0 Å². The summed E-state index contributed by atoms with van der Waals surface area (Å²) in [6.07, 6.45) is -0.257. The lowest BCUT2D eigenvalue weighted by Crippen LogP contribution is -2.40. The van der Waals surface area contributed by atoms with Gasteiger partial charge in [0.1, 0.15) is 5.75 Å². The van der Waals surface area contributed by atoms with Crippen LogP contribution in [0.3, 0.4) is 0 Å². The number of ether oxygens (including phenoxy) is 2. The monoisotopic (exact) mass is 374 g/mol. The smallest absolute Gasteiger partial charge is 0.338 e. The number of hydrogen-bond donors (Lipinski definition) is 0. The molecule has 0 spiro atoms. The zero-order valence-electron chi connectivity index (χ0n) is 15.5. The summed E-state index contributed by atoms with van der Waals surface area (Å²) in [5.41, 5.74) is 1.80. The second-order valence-corrected chi connectivity index (χ2v) is 7.80. The quantitative estimate of drug-likeness (QED) is 0.757. The van der Waals surface area contributed by atoms with Crippen LogP contribution < -0.4 is 4.74 Å². The van der Waals surface area contributed by atoms with Gasteiger partial charge in [0.25, 0.3) is 0 Å². The molecular weight excluding hydrogens is 352 g/mol. The molecule has 0 unspecified atom stereocenters. The molecule has 1 aromatic rings. The lowest BCUT2D eigenvalue weighted by Gasteiger charge is -2.33. The Morgan fingerprint density at radius 3 is 2.50 bits per heavy atom. The van der Waals surface area contributed by atoms with Crippen LogP contribution in [0, 0.1) is 0 Å². The van der Waals surface area contributed by atoms with Crippen molar-refractivity contribution in [1.82, 2.24) is 4.90 Å². The van der Waals surface area contributed by atoms with Gasteiger partial charge in [0.15, 0.2) is 5.17 Å². The predicted molar refractivity (Wildman–Crippen MR) is 101 cm³/mol. The standard InChI is InChI=1S/C19H22N2O4S/c1-10(2)25-18(23)15-11(3)20-19-21(17(22)12(4)26-19)16(15)13-6-8-14(24-5)9-7-13/h6-10,12,16H,1-5H3/t12-,16-/m0/s1. The van der Waals surface area contributed by atoms with Crippen molar-refractivity contribution in [3.63, 3.8) is 0 Å². The van der Waals surface area contributed by atoms with Crippen molar-refractivity contribution in [2.24, 2.45) is 4.99 Å². The van der Waals surface area contributed by atoms with Gasteiger partial charge in [-0.05, 0) is 45.4 Å². The number of aliphatic imine (C=N–C) groups is 1. The van der Waals surface area contributed by atoms with E-state index in [0.717, 1.165) is 5.56 Å². The molecule has 2 atom stereocenters. The highest BCUT2D eigenvalue weighted by Crippen LogP contribution is 2.43. The molecule has 26 heavy (non-hydrogen) atoms. The Labute approximate surface area is 157 Å². The molecule has 0 aliphatic carbocycles. The number of thioether (sulfide) groups is 1. The summed E-state index contributed by atoms with van der Waals surface area (Å²) >= 11 is 1.41. The fraction of sp³-hybridized carbons (Fsp3) is 0.421. The van der Waals surface area contributed by atoms with E-state index in [1.165, 1.54) is 11.8 Å². The van der Waals surface area contributed by atoms with E-state index in [4.69, 9.17) is 9.47 Å². The molecule has 138 valence electrons. The number of amides is 1. The highest BCUT2D eigenvalue weighted by atomic mass is 32.2. The maximum Gasteiger partial charge on any atom is 0.338 e. The molecule has 0 bridgehead atoms. The molecule has 1 aromatic carbocycles. The van der Waals surface area contributed by atoms with Crippen molar-refractivity contribution in [2.75, 3.05) is 7.11 Å². The third kappa shape index (κ3) is 3.23. The van der Waals surface area contributed by atoms with Crippen LogP contribution in [0.15, 0.2) is 40.5 Å².